The van der Waals surface area contributed by atoms with Gasteiger partial charge in [-0.2, -0.15) is 0 Å². The van der Waals surface area contributed by atoms with Crippen molar-refractivity contribution < 1.29 is 4.74 Å². The summed E-state index contributed by atoms with van der Waals surface area (Å²) in [5, 5.41) is 0. The monoisotopic (exact) mass is 219 g/mol. The van der Waals surface area contributed by atoms with Crippen LogP contribution in [-0.4, -0.2) is 6.10 Å². The fourth-order valence-corrected chi connectivity index (χ4v) is 2.58. The Labute approximate surface area is 97.8 Å². The van der Waals surface area contributed by atoms with Gasteiger partial charge in [0, 0.05) is 6.04 Å². The molecular formula is C14H21NO. The molecule has 1 aliphatic rings. The number of nitrogens with two attached hydrogens (primary N) is 1. The Hall–Kier alpha value is -1.02. The molecule has 0 spiro atoms. The average Bonchev–Trinajstić information content (AvgIpc) is 2.36. The lowest BCUT2D eigenvalue weighted by Gasteiger charge is -2.19. The van der Waals surface area contributed by atoms with Crippen molar-refractivity contribution in [2.75, 3.05) is 0 Å². The second-order valence-corrected chi connectivity index (χ2v) is 5.61. The fourth-order valence-electron chi connectivity index (χ4n) is 2.58. The molecule has 0 aromatic heterocycles. The van der Waals surface area contributed by atoms with Crippen molar-refractivity contribution in [1.29, 1.82) is 0 Å². The molecule has 88 valence electrons. The smallest absolute Gasteiger partial charge is 0.120 e. The van der Waals surface area contributed by atoms with Crippen LogP contribution < -0.4 is 10.5 Å². The van der Waals surface area contributed by atoms with Gasteiger partial charge in [-0.15, -0.1) is 0 Å². The highest BCUT2D eigenvalue weighted by atomic mass is 16.5. The van der Waals surface area contributed by atoms with Crippen LogP contribution >= 0.6 is 0 Å². The first-order valence-electron chi connectivity index (χ1n) is 5.97. The lowest BCUT2D eigenvalue weighted by Crippen LogP contribution is -2.14. The topological polar surface area (TPSA) is 35.2 Å². The first-order chi connectivity index (χ1) is 7.40. The lowest BCUT2D eigenvalue weighted by molar-refractivity contribution is 0.242. The zero-order valence-electron chi connectivity index (χ0n) is 10.6. The summed E-state index contributed by atoms with van der Waals surface area (Å²) in [7, 11) is 0. The molecule has 0 bridgehead atoms. The van der Waals surface area contributed by atoms with Gasteiger partial charge in [0.1, 0.15) is 5.75 Å². The van der Waals surface area contributed by atoms with Crippen LogP contribution in [0.5, 0.6) is 5.75 Å². The Morgan fingerprint density at radius 1 is 1.38 bits per heavy atom. The van der Waals surface area contributed by atoms with Gasteiger partial charge in [0.15, 0.2) is 0 Å². The van der Waals surface area contributed by atoms with Crippen molar-refractivity contribution in [3.63, 3.8) is 0 Å². The summed E-state index contributed by atoms with van der Waals surface area (Å²) < 4.78 is 5.70. The third kappa shape index (κ3) is 1.94. The molecule has 1 aliphatic carbocycles. The third-order valence-electron chi connectivity index (χ3n) is 3.25. The van der Waals surface area contributed by atoms with E-state index < -0.39 is 0 Å². The van der Waals surface area contributed by atoms with Crippen LogP contribution in [0, 0.1) is 0 Å². The van der Waals surface area contributed by atoms with E-state index in [1.807, 2.05) is 13.8 Å². The van der Waals surface area contributed by atoms with Crippen LogP contribution in [0.2, 0.25) is 0 Å². The molecule has 16 heavy (non-hydrogen) atoms. The number of benzene rings is 1. The highest BCUT2D eigenvalue weighted by Gasteiger charge is 2.35. The molecule has 2 N–H and O–H groups in total. The second-order valence-electron chi connectivity index (χ2n) is 5.61. The average molecular weight is 219 g/mol. The standard InChI is InChI=1S/C14H21NO/c1-9(2)16-10-5-6-12-11(7-10)13(15)8-14(12,3)4/h5-7,9,13H,8,15H2,1-4H3/t13-/m1/s1. The van der Waals surface area contributed by atoms with Crippen molar-refractivity contribution in [2.45, 2.75) is 51.7 Å². The molecule has 0 saturated carbocycles. The van der Waals surface area contributed by atoms with Crippen molar-refractivity contribution in [3.8, 4) is 5.75 Å². The molecule has 0 heterocycles. The third-order valence-corrected chi connectivity index (χ3v) is 3.25. The summed E-state index contributed by atoms with van der Waals surface area (Å²) in [5.41, 5.74) is 8.99. The van der Waals surface area contributed by atoms with Crippen LogP contribution in [0.25, 0.3) is 0 Å². The predicted octanol–water partition coefficient (Wildman–Crippen LogP) is 3.15. The van der Waals surface area contributed by atoms with E-state index in [4.69, 9.17) is 10.5 Å². The molecule has 0 radical (unpaired) electrons. The molecule has 2 rings (SSSR count). The maximum atomic E-state index is 6.17. The summed E-state index contributed by atoms with van der Waals surface area (Å²) >= 11 is 0. The maximum absolute atomic E-state index is 6.17. The van der Waals surface area contributed by atoms with E-state index in [0.717, 1.165) is 12.2 Å². The van der Waals surface area contributed by atoms with Crippen LogP contribution in [0.15, 0.2) is 18.2 Å². The van der Waals surface area contributed by atoms with Gasteiger partial charge in [-0.25, -0.2) is 0 Å². The zero-order chi connectivity index (χ0) is 11.9. The number of hydrogen-bond acceptors (Lipinski definition) is 2. The molecule has 1 aromatic carbocycles. The van der Waals surface area contributed by atoms with Gasteiger partial charge in [0.2, 0.25) is 0 Å². The van der Waals surface area contributed by atoms with E-state index in [-0.39, 0.29) is 17.6 Å². The van der Waals surface area contributed by atoms with Gasteiger partial charge < -0.3 is 10.5 Å². The minimum atomic E-state index is 0.153. The van der Waals surface area contributed by atoms with Crippen LogP contribution in [0.4, 0.5) is 0 Å². The Morgan fingerprint density at radius 2 is 2.06 bits per heavy atom. The minimum Gasteiger partial charge on any atom is -0.491 e. The largest absolute Gasteiger partial charge is 0.491 e. The van der Waals surface area contributed by atoms with Crippen molar-refractivity contribution in [2.24, 2.45) is 5.73 Å². The molecule has 0 amide bonds. The quantitative estimate of drug-likeness (QED) is 0.829. The van der Waals surface area contributed by atoms with Crippen molar-refractivity contribution in [3.05, 3.63) is 29.3 Å². The Bertz CT molecular complexity index is 396. The molecule has 0 saturated heterocycles. The highest BCUT2D eigenvalue weighted by molar-refractivity contribution is 5.45. The zero-order valence-corrected chi connectivity index (χ0v) is 10.6. The van der Waals surface area contributed by atoms with Crippen LogP contribution in [0.1, 0.15) is 51.3 Å². The van der Waals surface area contributed by atoms with Gasteiger partial charge >= 0.3 is 0 Å². The molecule has 2 heteroatoms. The summed E-state index contributed by atoms with van der Waals surface area (Å²) in [6.07, 6.45) is 1.23. The number of rotatable bonds is 2. The summed E-state index contributed by atoms with van der Waals surface area (Å²) in [4.78, 5) is 0. The van der Waals surface area contributed by atoms with Gasteiger partial charge in [-0.3, -0.25) is 0 Å². The Balaban J connectivity index is 2.37. The van der Waals surface area contributed by atoms with E-state index >= 15 is 0 Å². The lowest BCUT2D eigenvalue weighted by atomic mass is 9.86. The maximum Gasteiger partial charge on any atom is 0.120 e. The van der Waals surface area contributed by atoms with Crippen molar-refractivity contribution >= 4 is 0 Å². The van der Waals surface area contributed by atoms with E-state index in [9.17, 15) is 0 Å². The summed E-state index contributed by atoms with van der Waals surface area (Å²) in [6.45, 7) is 8.58. The Morgan fingerprint density at radius 3 is 2.69 bits per heavy atom. The molecular weight excluding hydrogens is 198 g/mol. The molecule has 0 fully saturated rings. The molecule has 0 aliphatic heterocycles. The number of hydrogen-bond donors (Lipinski definition) is 1. The van der Waals surface area contributed by atoms with E-state index in [1.165, 1.54) is 11.1 Å². The molecule has 2 nitrogen and oxygen atoms in total. The first-order valence-corrected chi connectivity index (χ1v) is 5.97. The van der Waals surface area contributed by atoms with Gasteiger partial charge in [-0.05, 0) is 48.9 Å². The predicted molar refractivity (Wildman–Crippen MR) is 66.8 cm³/mol. The highest BCUT2D eigenvalue weighted by Crippen LogP contribution is 2.44. The van der Waals surface area contributed by atoms with Crippen LogP contribution in [-0.2, 0) is 5.41 Å². The van der Waals surface area contributed by atoms with Gasteiger partial charge in [0.05, 0.1) is 6.10 Å². The number of fused-ring (bicyclic) bond motifs is 1. The molecule has 1 aromatic rings. The Kier molecular flexibility index (Phi) is 2.70. The first kappa shape index (κ1) is 11.5. The van der Waals surface area contributed by atoms with Gasteiger partial charge in [0.25, 0.3) is 0 Å². The molecule has 1 atom stereocenters. The van der Waals surface area contributed by atoms with E-state index in [2.05, 4.69) is 32.0 Å². The fraction of sp³-hybridized carbons (Fsp3) is 0.571. The normalized spacial score (nSPS) is 22.2. The summed E-state index contributed by atoms with van der Waals surface area (Å²) in [5.74, 6) is 0.932. The van der Waals surface area contributed by atoms with Gasteiger partial charge in [-0.1, -0.05) is 19.9 Å². The molecule has 0 unspecified atom stereocenters. The summed E-state index contributed by atoms with van der Waals surface area (Å²) in [6, 6.07) is 6.48. The SMILES string of the molecule is CC(C)Oc1ccc2c(c1)[C@H](N)CC2(C)C. The number of ether oxygens (including phenoxy) is 1. The minimum absolute atomic E-state index is 0.153. The second kappa shape index (κ2) is 3.77. The van der Waals surface area contributed by atoms with Crippen molar-refractivity contribution in [1.82, 2.24) is 0 Å². The van der Waals surface area contributed by atoms with E-state index in [1.54, 1.807) is 0 Å². The van der Waals surface area contributed by atoms with Crippen LogP contribution in [0.3, 0.4) is 0 Å². The van der Waals surface area contributed by atoms with E-state index in [0.29, 0.717) is 0 Å².